The molecule has 0 saturated heterocycles. The van der Waals surface area contributed by atoms with Crippen molar-refractivity contribution >= 4 is 33.3 Å². The minimum atomic E-state index is -3.60. The Hall–Kier alpha value is -1.84. The van der Waals surface area contributed by atoms with Gasteiger partial charge in [-0.05, 0) is 17.7 Å². The Bertz CT molecular complexity index is 683. The van der Waals surface area contributed by atoms with Crippen molar-refractivity contribution in [3.63, 3.8) is 0 Å². The molecule has 0 aliphatic heterocycles. The van der Waals surface area contributed by atoms with Gasteiger partial charge in [0.2, 0.25) is 10.0 Å². The summed E-state index contributed by atoms with van der Waals surface area (Å²) >= 11 is 0.933. The Morgan fingerprint density at radius 2 is 2.21 bits per heavy atom. The number of nitrogens with zero attached hydrogens (tertiary/aromatic N) is 2. The highest BCUT2D eigenvalue weighted by Crippen LogP contribution is 2.13. The van der Waals surface area contributed by atoms with Gasteiger partial charge in [-0.2, -0.15) is 8.75 Å². The summed E-state index contributed by atoms with van der Waals surface area (Å²) in [4.78, 5) is 11.7. The van der Waals surface area contributed by atoms with Crippen molar-refractivity contribution in [3.8, 4) is 0 Å². The van der Waals surface area contributed by atoms with E-state index >= 15 is 0 Å². The summed E-state index contributed by atoms with van der Waals surface area (Å²) in [5.74, 6) is -0.684. The molecule has 0 fully saturated rings. The molecule has 1 aromatic carbocycles. The van der Waals surface area contributed by atoms with Crippen LogP contribution in [0.4, 0.5) is 5.69 Å². The molecule has 0 unspecified atom stereocenters. The molecule has 1 amide bonds. The maximum absolute atomic E-state index is 11.7. The van der Waals surface area contributed by atoms with E-state index in [0.29, 0.717) is 11.3 Å². The summed E-state index contributed by atoms with van der Waals surface area (Å²) in [5, 5.41) is 7.56. The Balaban J connectivity index is 2.13. The number of amides is 1. The average molecular weight is 298 g/mol. The standard InChI is InChI=1S/C10H10N4O3S2/c11-19(16,17)6-7-2-1-3-8(4-7)13-10(15)9-5-12-18-14-9/h1-5H,6H2,(H,13,15)(H2,11,16,17). The summed E-state index contributed by atoms with van der Waals surface area (Å²) in [6, 6.07) is 6.44. The lowest BCUT2D eigenvalue weighted by Crippen LogP contribution is -2.15. The van der Waals surface area contributed by atoms with Gasteiger partial charge in [-0.25, -0.2) is 13.6 Å². The molecule has 1 aromatic heterocycles. The third kappa shape index (κ3) is 4.09. The number of benzene rings is 1. The number of carbonyl (C=O) groups excluding carboxylic acids is 1. The lowest BCUT2D eigenvalue weighted by Gasteiger charge is -2.05. The van der Waals surface area contributed by atoms with E-state index in [9.17, 15) is 13.2 Å². The van der Waals surface area contributed by atoms with Gasteiger partial charge in [0.25, 0.3) is 5.91 Å². The molecule has 0 atom stereocenters. The molecule has 9 heteroatoms. The largest absolute Gasteiger partial charge is 0.321 e. The SMILES string of the molecule is NS(=O)(=O)Cc1cccc(NC(=O)c2cnsn2)c1. The number of hydrogen-bond donors (Lipinski definition) is 2. The van der Waals surface area contributed by atoms with Crippen LogP contribution in [0.25, 0.3) is 0 Å². The molecule has 0 aliphatic rings. The molecule has 0 radical (unpaired) electrons. The number of primary sulfonamides is 1. The second kappa shape index (κ2) is 5.43. The highest BCUT2D eigenvalue weighted by atomic mass is 32.2. The summed E-state index contributed by atoms with van der Waals surface area (Å²) < 4.78 is 29.5. The predicted molar refractivity (Wildman–Crippen MR) is 71.1 cm³/mol. The number of hydrogen-bond acceptors (Lipinski definition) is 6. The number of anilines is 1. The normalized spacial score (nSPS) is 11.2. The molecule has 2 rings (SSSR count). The zero-order chi connectivity index (χ0) is 13.9. The molecular formula is C10H10N4O3S2. The van der Waals surface area contributed by atoms with Crippen LogP contribution < -0.4 is 10.5 Å². The molecule has 19 heavy (non-hydrogen) atoms. The van der Waals surface area contributed by atoms with Crippen LogP contribution in [0.3, 0.4) is 0 Å². The minimum absolute atomic E-state index is 0.210. The molecule has 0 saturated carbocycles. The topological polar surface area (TPSA) is 115 Å². The van der Waals surface area contributed by atoms with Crippen molar-refractivity contribution in [2.24, 2.45) is 5.14 Å². The van der Waals surface area contributed by atoms with E-state index in [1.54, 1.807) is 24.3 Å². The summed E-state index contributed by atoms with van der Waals surface area (Å²) in [5.41, 5.74) is 1.18. The molecule has 0 spiro atoms. The average Bonchev–Trinajstić information content (AvgIpc) is 2.80. The molecule has 1 heterocycles. The molecule has 0 aliphatic carbocycles. The number of rotatable bonds is 4. The van der Waals surface area contributed by atoms with Gasteiger partial charge in [0.1, 0.15) is 0 Å². The van der Waals surface area contributed by atoms with Crippen LogP contribution in [-0.4, -0.2) is 23.1 Å². The number of carbonyl (C=O) groups is 1. The zero-order valence-corrected chi connectivity index (χ0v) is 11.2. The van der Waals surface area contributed by atoms with E-state index in [0.717, 1.165) is 11.7 Å². The van der Waals surface area contributed by atoms with Gasteiger partial charge in [-0.15, -0.1) is 0 Å². The third-order valence-electron chi connectivity index (χ3n) is 2.15. The minimum Gasteiger partial charge on any atom is -0.321 e. The number of sulfonamides is 1. The molecule has 2 aromatic rings. The fourth-order valence-corrected chi connectivity index (χ4v) is 2.49. The quantitative estimate of drug-likeness (QED) is 0.856. The van der Waals surface area contributed by atoms with Gasteiger partial charge in [0.15, 0.2) is 5.69 Å². The second-order valence-electron chi connectivity index (χ2n) is 3.75. The van der Waals surface area contributed by atoms with Crippen LogP contribution in [0.2, 0.25) is 0 Å². The van der Waals surface area contributed by atoms with Crippen molar-refractivity contribution in [1.29, 1.82) is 0 Å². The maximum atomic E-state index is 11.7. The zero-order valence-electron chi connectivity index (χ0n) is 9.61. The molecule has 100 valence electrons. The lowest BCUT2D eigenvalue weighted by molar-refractivity contribution is 0.102. The molecule has 7 nitrogen and oxygen atoms in total. The Kier molecular flexibility index (Phi) is 3.88. The number of nitrogens with two attached hydrogens (primary N) is 1. The van der Waals surface area contributed by atoms with E-state index in [-0.39, 0.29) is 11.4 Å². The van der Waals surface area contributed by atoms with E-state index in [1.807, 2.05) is 0 Å². The van der Waals surface area contributed by atoms with Crippen molar-refractivity contribution in [2.45, 2.75) is 5.75 Å². The van der Waals surface area contributed by atoms with Crippen LogP contribution in [-0.2, 0) is 15.8 Å². The Morgan fingerprint density at radius 3 is 2.84 bits per heavy atom. The first-order valence-electron chi connectivity index (χ1n) is 5.12. The van der Waals surface area contributed by atoms with Crippen molar-refractivity contribution in [2.75, 3.05) is 5.32 Å². The third-order valence-corrected chi connectivity index (χ3v) is 3.36. The monoisotopic (exact) mass is 298 g/mol. The van der Waals surface area contributed by atoms with E-state index in [2.05, 4.69) is 14.1 Å². The fourth-order valence-electron chi connectivity index (χ4n) is 1.43. The van der Waals surface area contributed by atoms with Gasteiger partial charge < -0.3 is 5.32 Å². The lowest BCUT2D eigenvalue weighted by atomic mass is 10.2. The van der Waals surface area contributed by atoms with E-state index < -0.39 is 15.9 Å². The molecular weight excluding hydrogens is 288 g/mol. The number of nitrogens with one attached hydrogen (secondary N) is 1. The van der Waals surface area contributed by atoms with Gasteiger partial charge in [-0.3, -0.25) is 4.79 Å². The molecule has 3 N–H and O–H groups in total. The van der Waals surface area contributed by atoms with Crippen LogP contribution in [0.15, 0.2) is 30.5 Å². The fraction of sp³-hybridized carbons (Fsp3) is 0.100. The molecule has 0 bridgehead atoms. The van der Waals surface area contributed by atoms with Crippen LogP contribution in [0, 0.1) is 0 Å². The Labute approximate surface area is 113 Å². The first-order valence-corrected chi connectivity index (χ1v) is 7.57. The Morgan fingerprint density at radius 1 is 1.42 bits per heavy atom. The summed E-state index contributed by atoms with van der Waals surface area (Å²) in [7, 11) is -3.60. The van der Waals surface area contributed by atoms with Crippen LogP contribution in [0.5, 0.6) is 0 Å². The van der Waals surface area contributed by atoms with E-state index in [1.165, 1.54) is 6.20 Å². The van der Waals surface area contributed by atoms with Gasteiger partial charge in [0, 0.05) is 5.69 Å². The van der Waals surface area contributed by atoms with Crippen molar-refractivity contribution < 1.29 is 13.2 Å². The maximum Gasteiger partial charge on any atom is 0.277 e. The van der Waals surface area contributed by atoms with Crippen molar-refractivity contribution in [3.05, 3.63) is 41.7 Å². The number of aromatic nitrogens is 2. The second-order valence-corrected chi connectivity index (χ2v) is 5.93. The van der Waals surface area contributed by atoms with Gasteiger partial charge in [-0.1, -0.05) is 12.1 Å². The summed E-state index contributed by atoms with van der Waals surface area (Å²) in [6.45, 7) is 0. The summed E-state index contributed by atoms with van der Waals surface area (Å²) in [6.07, 6.45) is 1.36. The van der Waals surface area contributed by atoms with Gasteiger partial charge in [0.05, 0.1) is 23.7 Å². The van der Waals surface area contributed by atoms with Crippen LogP contribution in [0.1, 0.15) is 16.1 Å². The highest BCUT2D eigenvalue weighted by molar-refractivity contribution is 7.88. The van der Waals surface area contributed by atoms with Crippen LogP contribution >= 0.6 is 11.7 Å². The predicted octanol–water partition coefficient (Wildman–Crippen LogP) is 0.579. The smallest absolute Gasteiger partial charge is 0.277 e. The van der Waals surface area contributed by atoms with E-state index in [4.69, 9.17) is 5.14 Å². The first kappa shape index (κ1) is 13.6. The van der Waals surface area contributed by atoms with Gasteiger partial charge >= 0.3 is 0 Å². The highest BCUT2D eigenvalue weighted by Gasteiger charge is 2.10. The van der Waals surface area contributed by atoms with Crippen molar-refractivity contribution in [1.82, 2.24) is 8.75 Å². The first-order chi connectivity index (χ1) is 8.94.